The van der Waals surface area contributed by atoms with Crippen LogP contribution < -0.4 is 4.90 Å². The Balaban J connectivity index is 1.64. The molecule has 7 nitrogen and oxygen atoms in total. The van der Waals surface area contributed by atoms with E-state index in [2.05, 4.69) is 10.1 Å². The lowest BCUT2D eigenvalue weighted by Gasteiger charge is -2.24. The second-order valence-corrected chi connectivity index (χ2v) is 8.52. The lowest BCUT2D eigenvalue weighted by Crippen LogP contribution is -2.31. The molecule has 2 atom stereocenters. The third-order valence-corrected chi connectivity index (χ3v) is 6.05. The molecule has 0 fully saturated rings. The van der Waals surface area contributed by atoms with Crippen LogP contribution in [-0.2, 0) is 4.79 Å². The van der Waals surface area contributed by atoms with Gasteiger partial charge in [0.1, 0.15) is 12.1 Å². The highest BCUT2D eigenvalue weighted by Crippen LogP contribution is 2.38. The Morgan fingerprint density at radius 1 is 0.971 bits per heavy atom. The maximum absolute atomic E-state index is 12.7. The summed E-state index contributed by atoms with van der Waals surface area (Å²) in [6, 6.07) is 25.0. The molecular formula is C27H26N6O. The van der Waals surface area contributed by atoms with Gasteiger partial charge in [-0.1, -0.05) is 48.5 Å². The number of hydrogen-bond donors (Lipinski definition) is 1. The van der Waals surface area contributed by atoms with Crippen LogP contribution in [0.2, 0.25) is 0 Å². The minimum atomic E-state index is -0.464. The summed E-state index contributed by atoms with van der Waals surface area (Å²) in [6.45, 7) is 1.54. The number of H-pyrrole nitrogens is 1. The van der Waals surface area contributed by atoms with E-state index in [-0.39, 0.29) is 5.91 Å². The number of para-hydroxylation sites is 1. The Labute approximate surface area is 198 Å². The number of aromatic amines is 1. The minimum absolute atomic E-state index is 0.142. The van der Waals surface area contributed by atoms with Gasteiger partial charge in [0.25, 0.3) is 0 Å². The van der Waals surface area contributed by atoms with E-state index in [1.807, 2.05) is 104 Å². The van der Waals surface area contributed by atoms with Crippen LogP contribution in [0.15, 0.2) is 100 Å². The second kappa shape index (κ2) is 8.94. The van der Waals surface area contributed by atoms with Crippen molar-refractivity contribution in [2.75, 3.05) is 19.0 Å². The van der Waals surface area contributed by atoms with Crippen LogP contribution >= 0.6 is 0 Å². The van der Waals surface area contributed by atoms with E-state index >= 15 is 0 Å². The van der Waals surface area contributed by atoms with E-state index in [4.69, 9.17) is 10.2 Å². The van der Waals surface area contributed by atoms with Crippen molar-refractivity contribution in [1.29, 1.82) is 0 Å². The molecule has 5 rings (SSSR count). The molecule has 1 amide bonds. The summed E-state index contributed by atoms with van der Waals surface area (Å²) < 4.78 is 0. The highest BCUT2D eigenvalue weighted by Gasteiger charge is 2.42. The van der Waals surface area contributed by atoms with Gasteiger partial charge in [-0.05, 0) is 35.9 Å². The number of nitrogens with one attached hydrogen (secondary N) is 1. The Morgan fingerprint density at radius 3 is 2.38 bits per heavy atom. The first kappa shape index (κ1) is 21.6. The van der Waals surface area contributed by atoms with Gasteiger partial charge in [-0.2, -0.15) is 15.3 Å². The Morgan fingerprint density at radius 2 is 1.68 bits per heavy atom. The predicted octanol–water partition coefficient (Wildman–Crippen LogP) is 5.69. The fourth-order valence-corrected chi connectivity index (χ4v) is 4.32. The zero-order valence-electron chi connectivity index (χ0n) is 19.4. The molecule has 1 N–H and O–H groups in total. The number of rotatable bonds is 5. The van der Waals surface area contributed by atoms with Gasteiger partial charge >= 0.3 is 0 Å². The maximum atomic E-state index is 12.7. The molecule has 0 radical (unpaired) electrons. The number of carbonyl (C=O) groups excluding carboxylic acids is 1. The number of anilines is 1. The molecule has 4 aromatic rings. The first-order valence-electron chi connectivity index (χ1n) is 11.2. The molecule has 0 saturated carbocycles. The number of aromatic nitrogens is 1. The van der Waals surface area contributed by atoms with Crippen molar-refractivity contribution in [2.24, 2.45) is 15.3 Å². The normalized spacial score (nSPS) is 18.0. The molecule has 1 aromatic heterocycles. The fourth-order valence-electron chi connectivity index (χ4n) is 4.32. The average Bonchev–Trinajstić information content (AvgIpc) is 3.45. The molecule has 0 spiro atoms. The zero-order chi connectivity index (χ0) is 23.7. The Bertz CT molecular complexity index is 1370. The molecule has 170 valence electrons. The molecule has 7 heteroatoms. The third-order valence-electron chi connectivity index (χ3n) is 6.05. The molecule has 34 heavy (non-hydrogen) atoms. The largest absolute Gasteiger partial charge is 0.378 e. The van der Waals surface area contributed by atoms with Crippen molar-refractivity contribution in [3.8, 4) is 0 Å². The summed E-state index contributed by atoms with van der Waals surface area (Å²) in [5.41, 5.74) is 5.43. The summed E-state index contributed by atoms with van der Waals surface area (Å²) in [5, 5.41) is 16.7. The molecule has 0 aliphatic carbocycles. The summed E-state index contributed by atoms with van der Waals surface area (Å²) in [5.74, 6) is -0.142. The molecular weight excluding hydrogens is 424 g/mol. The first-order valence-corrected chi connectivity index (χ1v) is 11.2. The van der Waals surface area contributed by atoms with Crippen molar-refractivity contribution < 1.29 is 4.79 Å². The zero-order valence-corrected chi connectivity index (χ0v) is 19.4. The smallest absolute Gasteiger partial charge is 0.240 e. The van der Waals surface area contributed by atoms with Crippen LogP contribution in [0.3, 0.4) is 0 Å². The quantitative estimate of drug-likeness (QED) is 0.396. The average molecular weight is 451 g/mol. The van der Waals surface area contributed by atoms with Gasteiger partial charge in [0, 0.05) is 49.4 Å². The number of carbonyl (C=O) groups is 1. The number of nitrogens with zero attached hydrogens (tertiary/aromatic N) is 5. The highest BCUT2D eigenvalue weighted by atomic mass is 16.2. The van der Waals surface area contributed by atoms with E-state index in [9.17, 15) is 4.79 Å². The minimum Gasteiger partial charge on any atom is -0.378 e. The summed E-state index contributed by atoms with van der Waals surface area (Å²) >= 11 is 0. The SMILES string of the molecule is CC(=O)N1N=C(c2c[nH]c3ccccc23)C(N=Nc2ccccc2)C1c1ccc(N(C)C)cc1. The number of amides is 1. The van der Waals surface area contributed by atoms with Crippen molar-refractivity contribution in [3.05, 3.63) is 96.2 Å². The monoisotopic (exact) mass is 450 g/mol. The molecule has 0 bridgehead atoms. The van der Waals surface area contributed by atoms with E-state index in [0.717, 1.165) is 33.4 Å². The molecule has 2 heterocycles. The van der Waals surface area contributed by atoms with E-state index < -0.39 is 12.1 Å². The number of azo groups is 1. The van der Waals surface area contributed by atoms with E-state index in [0.29, 0.717) is 5.71 Å². The lowest BCUT2D eigenvalue weighted by atomic mass is 9.93. The molecule has 1 aliphatic rings. The third kappa shape index (κ3) is 3.96. The second-order valence-electron chi connectivity index (χ2n) is 8.52. The van der Waals surface area contributed by atoms with E-state index in [1.54, 1.807) is 0 Å². The van der Waals surface area contributed by atoms with Gasteiger partial charge in [-0.15, -0.1) is 0 Å². The number of hydrazone groups is 1. The fraction of sp³-hybridized carbons (Fsp3) is 0.185. The van der Waals surface area contributed by atoms with Crippen LogP contribution in [-0.4, -0.2) is 41.7 Å². The van der Waals surface area contributed by atoms with Gasteiger partial charge in [0.2, 0.25) is 5.91 Å². The van der Waals surface area contributed by atoms with Crippen LogP contribution in [0.4, 0.5) is 11.4 Å². The summed E-state index contributed by atoms with van der Waals surface area (Å²) in [4.78, 5) is 18.1. The lowest BCUT2D eigenvalue weighted by molar-refractivity contribution is -0.130. The summed E-state index contributed by atoms with van der Waals surface area (Å²) in [6.07, 6.45) is 1.93. The van der Waals surface area contributed by atoms with Crippen LogP contribution in [0, 0.1) is 0 Å². The van der Waals surface area contributed by atoms with Gasteiger partial charge in [0.05, 0.1) is 11.4 Å². The number of hydrogen-bond acceptors (Lipinski definition) is 5. The van der Waals surface area contributed by atoms with Gasteiger partial charge in [-0.3, -0.25) is 4.79 Å². The van der Waals surface area contributed by atoms with Crippen molar-refractivity contribution >= 4 is 33.9 Å². The van der Waals surface area contributed by atoms with Crippen molar-refractivity contribution in [3.63, 3.8) is 0 Å². The van der Waals surface area contributed by atoms with E-state index in [1.165, 1.54) is 11.9 Å². The maximum Gasteiger partial charge on any atom is 0.240 e. The predicted molar refractivity (Wildman–Crippen MR) is 136 cm³/mol. The number of fused-ring (bicyclic) bond motifs is 1. The van der Waals surface area contributed by atoms with Crippen LogP contribution in [0.1, 0.15) is 24.1 Å². The van der Waals surface area contributed by atoms with Crippen molar-refractivity contribution in [1.82, 2.24) is 9.99 Å². The Hall–Kier alpha value is -4.26. The van der Waals surface area contributed by atoms with Gasteiger partial charge in [-0.25, -0.2) is 5.01 Å². The molecule has 2 unspecified atom stereocenters. The van der Waals surface area contributed by atoms with Crippen LogP contribution in [0.25, 0.3) is 10.9 Å². The topological polar surface area (TPSA) is 76.4 Å². The summed E-state index contributed by atoms with van der Waals surface area (Å²) in [7, 11) is 4.00. The molecule has 3 aromatic carbocycles. The number of benzene rings is 3. The molecule has 0 saturated heterocycles. The standard InChI is InChI=1S/C27H26N6O/c1-18(34)33-27(19-13-15-21(16-14-19)32(2)3)26(30-29-20-9-5-4-6-10-20)25(31-33)23-17-28-24-12-8-7-11-22(23)24/h4-17,26-28H,1-3H3. The molecule has 1 aliphatic heterocycles. The first-order chi connectivity index (χ1) is 16.5. The van der Waals surface area contributed by atoms with Gasteiger partial charge < -0.3 is 9.88 Å². The van der Waals surface area contributed by atoms with Gasteiger partial charge in [0.15, 0.2) is 0 Å². The van der Waals surface area contributed by atoms with Crippen molar-refractivity contribution in [2.45, 2.75) is 19.0 Å². The Kier molecular flexibility index (Phi) is 5.67. The highest BCUT2D eigenvalue weighted by molar-refractivity contribution is 6.15. The van der Waals surface area contributed by atoms with Crippen LogP contribution in [0.5, 0.6) is 0 Å².